The second kappa shape index (κ2) is 4.92. The third kappa shape index (κ3) is 2.92. The fourth-order valence-electron chi connectivity index (χ4n) is 0.893. The van der Waals surface area contributed by atoms with Crippen molar-refractivity contribution in [3.63, 3.8) is 0 Å². The number of benzene rings is 1. The molecule has 0 radical (unpaired) electrons. The van der Waals surface area contributed by atoms with Crippen molar-refractivity contribution in [2.24, 2.45) is 5.50 Å². The zero-order valence-corrected chi connectivity index (χ0v) is 9.09. The van der Waals surface area contributed by atoms with Crippen molar-refractivity contribution in [1.29, 1.82) is 0 Å². The van der Waals surface area contributed by atoms with Crippen LogP contribution in [0.1, 0.15) is 5.56 Å². The molecule has 0 saturated carbocycles. The molecule has 16 heavy (non-hydrogen) atoms. The Morgan fingerprint density at radius 2 is 1.88 bits per heavy atom. The number of carbonyl (C=O) groups is 2. The summed E-state index contributed by atoms with van der Waals surface area (Å²) in [5.41, 5.74) is 2.25. The topological polar surface area (TPSA) is 107 Å². The van der Waals surface area contributed by atoms with Gasteiger partial charge in [0.2, 0.25) is 0 Å². The fraction of sp³-hybridized carbons (Fsp3) is 0.111. The quantitative estimate of drug-likeness (QED) is 0.785. The van der Waals surface area contributed by atoms with E-state index in [9.17, 15) is 14.2 Å². The predicted molar refractivity (Wildman–Crippen MR) is 56.4 cm³/mol. The van der Waals surface area contributed by atoms with Crippen LogP contribution in [0.4, 0.5) is 9.59 Å². The largest absolute Gasteiger partial charge is 0.474 e. The standard InChI is InChI=1S/C9H10NO5P/c10-16(14,8(11)12)9(13)15-6-7-4-2-1-3-5-7/h1-5H,6H2,(H2,10,14)(H,11,12)/t16-/m1/s1. The smallest absolute Gasteiger partial charge is 0.390 e. The molecule has 1 aromatic rings. The van der Waals surface area contributed by atoms with Gasteiger partial charge in [-0.3, -0.25) is 10.1 Å². The van der Waals surface area contributed by atoms with Crippen LogP contribution in [0.2, 0.25) is 0 Å². The minimum absolute atomic E-state index is 0.159. The molecule has 1 aromatic carbocycles. The molecule has 3 N–H and O–H groups in total. The van der Waals surface area contributed by atoms with E-state index in [0.29, 0.717) is 5.56 Å². The van der Waals surface area contributed by atoms with E-state index in [1.807, 2.05) is 0 Å². The molecule has 0 bridgehead atoms. The lowest BCUT2D eigenvalue weighted by Crippen LogP contribution is -2.15. The van der Waals surface area contributed by atoms with Gasteiger partial charge in [-0.15, -0.1) is 0 Å². The zero-order valence-electron chi connectivity index (χ0n) is 8.20. The molecule has 0 aromatic heterocycles. The number of carboxylic acid groups (broad SMARTS) is 1. The Morgan fingerprint density at radius 1 is 1.31 bits per heavy atom. The molecule has 7 heteroatoms. The minimum Gasteiger partial charge on any atom is -0.474 e. The Balaban J connectivity index is 2.61. The summed E-state index contributed by atoms with van der Waals surface area (Å²) < 4.78 is 15.7. The zero-order chi connectivity index (χ0) is 12.2. The molecule has 0 amide bonds. The van der Waals surface area contributed by atoms with Gasteiger partial charge in [0.15, 0.2) is 0 Å². The third-order valence-corrected chi connectivity index (χ3v) is 3.00. The van der Waals surface area contributed by atoms with Crippen LogP contribution in [0.15, 0.2) is 30.3 Å². The third-order valence-electron chi connectivity index (χ3n) is 1.76. The summed E-state index contributed by atoms with van der Waals surface area (Å²) in [7, 11) is -4.44. The molecule has 0 spiro atoms. The van der Waals surface area contributed by atoms with Crippen LogP contribution >= 0.6 is 7.29 Å². The molecular formula is C9H10NO5P. The van der Waals surface area contributed by atoms with Crippen molar-refractivity contribution < 1.29 is 24.0 Å². The highest BCUT2D eigenvalue weighted by Crippen LogP contribution is 2.39. The lowest BCUT2D eigenvalue weighted by atomic mass is 10.2. The first-order valence-corrected chi connectivity index (χ1v) is 6.05. The molecule has 0 aliphatic rings. The van der Waals surface area contributed by atoms with Gasteiger partial charge in [-0.25, -0.2) is 9.59 Å². The molecule has 0 saturated heterocycles. The molecule has 0 aliphatic heterocycles. The van der Waals surface area contributed by atoms with E-state index in [2.05, 4.69) is 4.74 Å². The van der Waals surface area contributed by atoms with Crippen molar-refractivity contribution in [2.45, 2.75) is 6.61 Å². The summed E-state index contributed by atoms with van der Waals surface area (Å²) in [6.45, 7) is -0.159. The summed E-state index contributed by atoms with van der Waals surface area (Å²) in [5.74, 6) is 0. The Labute approximate surface area is 91.4 Å². The van der Waals surface area contributed by atoms with Gasteiger partial charge in [0.05, 0.1) is 0 Å². The maximum absolute atomic E-state index is 11.1. The number of rotatable bonds is 4. The summed E-state index contributed by atoms with van der Waals surface area (Å²) in [4.78, 5) is 21.5. The first-order chi connectivity index (χ1) is 7.44. The normalized spacial score (nSPS) is 13.8. The van der Waals surface area contributed by atoms with E-state index < -0.39 is 18.7 Å². The average Bonchev–Trinajstić information content (AvgIpc) is 2.27. The second-order valence-electron chi connectivity index (χ2n) is 2.98. The molecule has 86 valence electrons. The van der Waals surface area contributed by atoms with Gasteiger partial charge in [-0.1, -0.05) is 30.3 Å². The van der Waals surface area contributed by atoms with Crippen LogP contribution in [-0.2, 0) is 15.9 Å². The Kier molecular flexibility index (Phi) is 3.82. The minimum atomic E-state index is -4.44. The number of hydrogen-bond donors (Lipinski definition) is 2. The molecule has 6 nitrogen and oxygen atoms in total. The highest BCUT2D eigenvalue weighted by molar-refractivity contribution is 7.91. The Hall–Kier alpha value is -1.65. The highest BCUT2D eigenvalue weighted by Gasteiger charge is 2.37. The van der Waals surface area contributed by atoms with E-state index in [1.54, 1.807) is 30.3 Å². The van der Waals surface area contributed by atoms with Gasteiger partial charge in [-0.2, -0.15) is 0 Å². The van der Waals surface area contributed by atoms with Crippen LogP contribution in [-0.4, -0.2) is 16.5 Å². The van der Waals surface area contributed by atoms with Gasteiger partial charge in [0.25, 0.3) is 0 Å². The number of ether oxygens (including phenoxy) is 1. The van der Waals surface area contributed by atoms with E-state index in [-0.39, 0.29) is 6.61 Å². The molecular weight excluding hydrogens is 233 g/mol. The van der Waals surface area contributed by atoms with Crippen LogP contribution in [0.3, 0.4) is 0 Å². The highest BCUT2D eigenvalue weighted by atomic mass is 31.2. The molecule has 0 heterocycles. The van der Waals surface area contributed by atoms with Crippen LogP contribution in [0.5, 0.6) is 0 Å². The first-order valence-electron chi connectivity index (χ1n) is 4.28. The van der Waals surface area contributed by atoms with E-state index >= 15 is 0 Å². The number of hydrogen-bond acceptors (Lipinski definition) is 4. The van der Waals surface area contributed by atoms with Gasteiger partial charge in [-0.05, 0) is 5.56 Å². The van der Waals surface area contributed by atoms with Gasteiger partial charge in [0, 0.05) is 0 Å². The monoisotopic (exact) mass is 243 g/mol. The maximum Gasteiger partial charge on any atom is 0.390 e. The van der Waals surface area contributed by atoms with Gasteiger partial charge < -0.3 is 9.84 Å². The summed E-state index contributed by atoms with van der Waals surface area (Å²) in [5, 5.41) is 8.42. The number of nitrogens with two attached hydrogens (primary N) is 1. The van der Waals surface area contributed by atoms with E-state index in [1.165, 1.54) is 0 Å². The van der Waals surface area contributed by atoms with Crippen molar-refractivity contribution in [3.05, 3.63) is 35.9 Å². The summed E-state index contributed by atoms with van der Waals surface area (Å²) in [6, 6.07) is 8.58. The summed E-state index contributed by atoms with van der Waals surface area (Å²) in [6.07, 6.45) is 0. The van der Waals surface area contributed by atoms with Crippen molar-refractivity contribution in [3.8, 4) is 0 Å². The molecule has 0 aliphatic carbocycles. The van der Waals surface area contributed by atoms with Gasteiger partial charge in [0.1, 0.15) is 6.61 Å². The van der Waals surface area contributed by atoms with Gasteiger partial charge >= 0.3 is 18.7 Å². The Morgan fingerprint density at radius 3 is 2.38 bits per heavy atom. The summed E-state index contributed by atoms with van der Waals surface area (Å²) >= 11 is 0. The molecule has 1 rings (SSSR count). The molecule has 0 fully saturated rings. The van der Waals surface area contributed by atoms with Crippen molar-refractivity contribution in [2.75, 3.05) is 0 Å². The average molecular weight is 243 g/mol. The predicted octanol–water partition coefficient (Wildman–Crippen LogP) is 2.24. The van der Waals surface area contributed by atoms with Crippen LogP contribution in [0, 0.1) is 0 Å². The Bertz CT molecular complexity index is 444. The molecule has 1 atom stereocenters. The van der Waals surface area contributed by atoms with Crippen molar-refractivity contribution in [1.82, 2.24) is 0 Å². The second-order valence-corrected chi connectivity index (χ2v) is 5.04. The number of carbonyl (C=O) groups excluding carboxylic acids is 1. The van der Waals surface area contributed by atoms with Crippen LogP contribution < -0.4 is 5.50 Å². The van der Waals surface area contributed by atoms with Crippen LogP contribution in [0.25, 0.3) is 0 Å². The lowest BCUT2D eigenvalue weighted by Gasteiger charge is -2.07. The first kappa shape index (κ1) is 12.4. The lowest BCUT2D eigenvalue weighted by molar-refractivity contribution is 0.164. The van der Waals surface area contributed by atoms with Crippen molar-refractivity contribution >= 4 is 18.7 Å². The van der Waals surface area contributed by atoms with E-state index in [4.69, 9.17) is 10.6 Å². The SMILES string of the molecule is N[P@@](=O)(C(=O)O)C(=O)OCc1ccccc1. The fourth-order valence-corrected chi connectivity index (χ4v) is 1.31. The molecule has 0 unspecified atom stereocenters. The maximum atomic E-state index is 11.1. The van der Waals surface area contributed by atoms with E-state index in [0.717, 1.165) is 0 Å².